The van der Waals surface area contributed by atoms with Crippen LogP contribution in [0.5, 0.6) is 5.75 Å². The summed E-state index contributed by atoms with van der Waals surface area (Å²) in [5.74, 6) is 1.45. The fourth-order valence-corrected chi connectivity index (χ4v) is 3.21. The van der Waals surface area contributed by atoms with Crippen LogP contribution in [0.4, 0.5) is 0 Å². The molecule has 1 heterocycles. The van der Waals surface area contributed by atoms with Gasteiger partial charge in [-0.2, -0.15) is 0 Å². The molecule has 0 radical (unpaired) electrons. The van der Waals surface area contributed by atoms with Gasteiger partial charge in [-0.05, 0) is 56.7 Å². The van der Waals surface area contributed by atoms with Crippen molar-refractivity contribution in [2.24, 2.45) is 11.8 Å². The van der Waals surface area contributed by atoms with Crippen LogP contribution < -0.4 is 10.1 Å². The first-order valence-electron chi connectivity index (χ1n) is 8.44. The molecule has 2 rings (SSSR count). The van der Waals surface area contributed by atoms with Crippen molar-refractivity contribution in [3.05, 3.63) is 29.8 Å². The molecule has 1 atom stereocenters. The molecule has 1 aliphatic heterocycles. The van der Waals surface area contributed by atoms with E-state index in [4.69, 9.17) is 9.47 Å². The number of rotatable bonds is 6. The molecule has 1 saturated heterocycles. The van der Waals surface area contributed by atoms with E-state index in [1.807, 2.05) is 25.1 Å². The number of hydrogen-bond acceptors (Lipinski definition) is 3. The lowest BCUT2D eigenvalue weighted by atomic mass is 9.85. The van der Waals surface area contributed by atoms with Crippen molar-refractivity contribution in [1.29, 1.82) is 0 Å². The summed E-state index contributed by atoms with van der Waals surface area (Å²) in [6.07, 6.45) is 2.73. The number of hydrogen-bond donors (Lipinski definition) is 1. The second kappa shape index (κ2) is 7.82. The highest BCUT2D eigenvalue weighted by molar-refractivity contribution is 5.79. The summed E-state index contributed by atoms with van der Waals surface area (Å²) in [4.78, 5) is 12.6. The van der Waals surface area contributed by atoms with Crippen LogP contribution in [0.15, 0.2) is 24.3 Å². The van der Waals surface area contributed by atoms with Gasteiger partial charge in [0.15, 0.2) is 0 Å². The predicted octanol–water partition coefficient (Wildman–Crippen LogP) is 3.20. The first-order valence-corrected chi connectivity index (χ1v) is 8.44. The van der Waals surface area contributed by atoms with E-state index < -0.39 is 0 Å². The van der Waals surface area contributed by atoms with E-state index in [0.29, 0.717) is 5.92 Å². The Morgan fingerprint density at radius 1 is 1.39 bits per heavy atom. The van der Waals surface area contributed by atoms with E-state index in [2.05, 4.69) is 25.2 Å². The van der Waals surface area contributed by atoms with Crippen molar-refractivity contribution in [2.45, 2.75) is 45.6 Å². The number of carbonyl (C=O) groups excluding carboxylic acids is 1. The van der Waals surface area contributed by atoms with Gasteiger partial charge in [0, 0.05) is 24.7 Å². The SMILES string of the molecule is COc1cccc(CC(C)(C)NC(=O)C(C)C2CCOCC2)c1. The van der Waals surface area contributed by atoms with Gasteiger partial charge in [0.05, 0.1) is 7.11 Å². The second-order valence-electron chi connectivity index (χ2n) is 7.14. The Labute approximate surface area is 139 Å². The molecule has 1 amide bonds. The minimum atomic E-state index is -0.289. The quantitative estimate of drug-likeness (QED) is 0.876. The predicted molar refractivity (Wildman–Crippen MR) is 91.6 cm³/mol. The third kappa shape index (κ3) is 5.24. The topological polar surface area (TPSA) is 47.6 Å². The van der Waals surface area contributed by atoms with Gasteiger partial charge in [-0.25, -0.2) is 0 Å². The van der Waals surface area contributed by atoms with Crippen LogP contribution in [0, 0.1) is 11.8 Å². The summed E-state index contributed by atoms with van der Waals surface area (Å²) in [7, 11) is 1.67. The fraction of sp³-hybridized carbons (Fsp3) is 0.632. The van der Waals surface area contributed by atoms with Crippen molar-refractivity contribution in [3.8, 4) is 5.75 Å². The maximum atomic E-state index is 12.6. The largest absolute Gasteiger partial charge is 0.497 e. The van der Waals surface area contributed by atoms with E-state index in [9.17, 15) is 4.79 Å². The Hall–Kier alpha value is -1.55. The molecule has 1 aromatic carbocycles. The van der Waals surface area contributed by atoms with Crippen LogP contribution in [0.1, 0.15) is 39.2 Å². The maximum absolute atomic E-state index is 12.6. The number of benzene rings is 1. The Balaban J connectivity index is 1.94. The molecule has 0 spiro atoms. The van der Waals surface area contributed by atoms with Crippen molar-refractivity contribution in [2.75, 3.05) is 20.3 Å². The third-order valence-electron chi connectivity index (χ3n) is 4.63. The normalized spacial score (nSPS) is 17.6. The van der Waals surface area contributed by atoms with Crippen LogP contribution in [0.3, 0.4) is 0 Å². The average Bonchev–Trinajstić information content (AvgIpc) is 2.54. The smallest absolute Gasteiger partial charge is 0.223 e. The number of ether oxygens (including phenoxy) is 2. The molecule has 0 aromatic heterocycles. The van der Waals surface area contributed by atoms with Crippen LogP contribution in [0.25, 0.3) is 0 Å². The molecular formula is C19H29NO3. The number of carbonyl (C=O) groups is 1. The lowest BCUT2D eigenvalue weighted by molar-refractivity contribution is -0.128. The highest BCUT2D eigenvalue weighted by Gasteiger charge is 2.29. The van der Waals surface area contributed by atoms with Gasteiger partial charge in [0.2, 0.25) is 5.91 Å². The number of amides is 1. The monoisotopic (exact) mass is 319 g/mol. The summed E-state index contributed by atoms with van der Waals surface area (Å²) < 4.78 is 10.7. The lowest BCUT2D eigenvalue weighted by Crippen LogP contribution is -2.48. The number of methoxy groups -OCH3 is 1. The average molecular weight is 319 g/mol. The van der Waals surface area contributed by atoms with Crippen LogP contribution >= 0.6 is 0 Å². The summed E-state index contributed by atoms with van der Waals surface area (Å²) in [5, 5.41) is 3.22. The molecule has 128 valence electrons. The Bertz CT molecular complexity index is 521. The first kappa shape index (κ1) is 17.8. The highest BCUT2D eigenvalue weighted by Crippen LogP contribution is 2.25. The van der Waals surface area contributed by atoms with Gasteiger partial charge in [0.25, 0.3) is 0 Å². The summed E-state index contributed by atoms with van der Waals surface area (Å²) in [6.45, 7) is 7.72. The molecule has 0 saturated carbocycles. The van der Waals surface area contributed by atoms with Crippen molar-refractivity contribution >= 4 is 5.91 Å². The first-order chi connectivity index (χ1) is 10.9. The summed E-state index contributed by atoms with van der Waals surface area (Å²) in [6, 6.07) is 8.01. The molecule has 1 unspecified atom stereocenters. The highest BCUT2D eigenvalue weighted by atomic mass is 16.5. The van der Waals surface area contributed by atoms with Gasteiger partial charge in [-0.3, -0.25) is 4.79 Å². The molecule has 1 aliphatic rings. The molecule has 4 nitrogen and oxygen atoms in total. The third-order valence-corrected chi connectivity index (χ3v) is 4.63. The van der Waals surface area contributed by atoms with E-state index in [-0.39, 0.29) is 17.4 Å². The second-order valence-corrected chi connectivity index (χ2v) is 7.14. The van der Waals surface area contributed by atoms with Gasteiger partial charge in [0.1, 0.15) is 5.75 Å². The molecule has 23 heavy (non-hydrogen) atoms. The Morgan fingerprint density at radius 2 is 2.09 bits per heavy atom. The number of nitrogens with one attached hydrogen (secondary N) is 1. The van der Waals surface area contributed by atoms with Crippen molar-refractivity contribution in [1.82, 2.24) is 5.32 Å². The standard InChI is InChI=1S/C19H29NO3/c1-14(16-8-10-23-11-9-16)18(21)20-19(2,3)13-15-6-5-7-17(12-15)22-4/h5-7,12,14,16H,8-11,13H2,1-4H3,(H,20,21). The van der Waals surface area contributed by atoms with Crippen LogP contribution in [0.2, 0.25) is 0 Å². The molecule has 0 bridgehead atoms. The molecular weight excluding hydrogens is 290 g/mol. The molecule has 0 aliphatic carbocycles. The van der Waals surface area contributed by atoms with Gasteiger partial charge in [-0.15, -0.1) is 0 Å². The Morgan fingerprint density at radius 3 is 2.74 bits per heavy atom. The van der Waals surface area contributed by atoms with Crippen LogP contribution in [-0.4, -0.2) is 31.8 Å². The zero-order chi connectivity index (χ0) is 16.9. The molecule has 1 aromatic rings. The summed E-state index contributed by atoms with van der Waals surface area (Å²) in [5.41, 5.74) is 0.872. The minimum Gasteiger partial charge on any atom is -0.497 e. The van der Waals surface area contributed by atoms with Crippen LogP contribution in [-0.2, 0) is 16.0 Å². The van der Waals surface area contributed by atoms with Gasteiger partial charge >= 0.3 is 0 Å². The van der Waals surface area contributed by atoms with E-state index in [1.54, 1.807) is 7.11 Å². The zero-order valence-corrected chi connectivity index (χ0v) is 14.7. The van der Waals surface area contributed by atoms with Gasteiger partial charge in [-0.1, -0.05) is 19.1 Å². The minimum absolute atomic E-state index is 0.0310. The van der Waals surface area contributed by atoms with Crippen molar-refractivity contribution < 1.29 is 14.3 Å². The molecule has 1 fully saturated rings. The fourth-order valence-electron chi connectivity index (χ4n) is 3.21. The van der Waals surface area contributed by atoms with E-state index in [0.717, 1.165) is 43.8 Å². The molecule has 4 heteroatoms. The zero-order valence-electron chi connectivity index (χ0n) is 14.7. The lowest BCUT2D eigenvalue weighted by Gasteiger charge is -2.32. The molecule has 1 N–H and O–H groups in total. The van der Waals surface area contributed by atoms with Gasteiger partial charge < -0.3 is 14.8 Å². The Kier molecular flexibility index (Phi) is 6.05. The van der Waals surface area contributed by atoms with E-state index in [1.165, 1.54) is 0 Å². The van der Waals surface area contributed by atoms with E-state index >= 15 is 0 Å². The van der Waals surface area contributed by atoms with Crippen molar-refractivity contribution in [3.63, 3.8) is 0 Å². The summed E-state index contributed by atoms with van der Waals surface area (Å²) >= 11 is 0. The maximum Gasteiger partial charge on any atom is 0.223 e.